The van der Waals surface area contributed by atoms with E-state index in [4.69, 9.17) is 12.2 Å². The number of aromatic amines is 1. The van der Waals surface area contributed by atoms with Crippen molar-refractivity contribution in [3.63, 3.8) is 0 Å². The van der Waals surface area contributed by atoms with Crippen LogP contribution in [0.2, 0.25) is 0 Å². The van der Waals surface area contributed by atoms with Crippen LogP contribution in [0.15, 0.2) is 65.7 Å². The van der Waals surface area contributed by atoms with E-state index in [9.17, 15) is 9.59 Å². The summed E-state index contributed by atoms with van der Waals surface area (Å²) in [6.45, 7) is 0.836. The van der Waals surface area contributed by atoms with Crippen molar-refractivity contribution < 1.29 is 9.59 Å². The van der Waals surface area contributed by atoms with Gasteiger partial charge in [-0.1, -0.05) is 72.5 Å². The first-order chi connectivity index (χ1) is 14.6. The van der Waals surface area contributed by atoms with Gasteiger partial charge in [0.2, 0.25) is 5.91 Å². The molecule has 2 heterocycles. The van der Waals surface area contributed by atoms with E-state index in [0.29, 0.717) is 15.8 Å². The van der Waals surface area contributed by atoms with E-state index in [-0.39, 0.29) is 24.8 Å². The number of thiocarbonyl (C=S) groups is 1. The highest BCUT2D eigenvalue weighted by molar-refractivity contribution is 8.26. The van der Waals surface area contributed by atoms with Crippen molar-refractivity contribution in [3.05, 3.63) is 76.8 Å². The number of fused-ring (bicyclic) bond motifs is 1. The number of nitrogens with zero attached hydrogens (tertiary/aromatic N) is 1. The molecule has 1 saturated heterocycles. The van der Waals surface area contributed by atoms with E-state index < -0.39 is 0 Å². The normalized spacial score (nSPS) is 15.3. The highest BCUT2D eigenvalue weighted by Crippen LogP contribution is 2.32. The molecule has 1 fully saturated rings. The number of nitrogens with one attached hydrogen (secondary N) is 2. The monoisotopic (exact) mass is 435 g/mol. The fourth-order valence-corrected chi connectivity index (χ4v) is 4.68. The van der Waals surface area contributed by atoms with Gasteiger partial charge in [-0.25, -0.2) is 0 Å². The Morgan fingerprint density at radius 3 is 2.73 bits per heavy atom. The largest absolute Gasteiger partial charge is 0.361 e. The van der Waals surface area contributed by atoms with Crippen LogP contribution in [-0.2, 0) is 16.0 Å². The van der Waals surface area contributed by atoms with Crippen molar-refractivity contribution in [2.45, 2.75) is 12.8 Å². The van der Waals surface area contributed by atoms with Gasteiger partial charge in [0, 0.05) is 36.6 Å². The van der Waals surface area contributed by atoms with Crippen LogP contribution in [0.4, 0.5) is 0 Å². The van der Waals surface area contributed by atoms with Crippen molar-refractivity contribution >= 4 is 57.1 Å². The molecular weight excluding hydrogens is 414 g/mol. The molecule has 7 heteroatoms. The molecular formula is C23H21N3O2S2. The molecule has 5 nitrogen and oxygen atoms in total. The third-order valence-electron chi connectivity index (χ3n) is 4.92. The van der Waals surface area contributed by atoms with Gasteiger partial charge >= 0.3 is 0 Å². The molecule has 0 aliphatic carbocycles. The Morgan fingerprint density at radius 2 is 1.90 bits per heavy atom. The number of thioether (sulfide) groups is 1. The number of hydrogen-bond acceptors (Lipinski definition) is 4. The van der Waals surface area contributed by atoms with E-state index in [2.05, 4.69) is 16.4 Å². The van der Waals surface area contributed by atoms with Crippen LogP contribution in [0.3, 0.4) is 0 Å². The average Bonchev–Trinajstić information content (AvgIpc) is 3.28. The molecule has 0 radical (unpaired) electrons. The smallest absolute Gasteiger partial charge is 0.266 e. The number of para-hydroxylation sites is 1. The summed E-state index contributed by atoms with van der Waals surface area (Å²) in [7, 11) is 0. The van der Waals surface area contributed by atoms with Gasteiger partial charge in [0.25, 0.3) is 5.91 Å². The van der Waals surface area contributed by atoms with Crippen LogP contribution in [0.5, 0.6) is 0 Å². The second-order valence-electron chi connectivity index (χ2n) is 6.95. The first-order valence-corrected chi connectivity index (χ1v) is 11.0. The number of H-pyrrole nitrogens is 1. The zero-order valence-electron chi connectivity index (χ0n) is 16.3. The van der Waals surface area contributed by atoms with Crippen LogP contribution in [0.25, 0.3) is 17.0 Å². The molecule has 0 bridgehead atoms. The maximum atomic E-state index is 12.6. The van der Waals surface area contributed by atoms with Gasteiger partial charge in [-0.05, 0) is 29.7 Å². The van der Waals surface area contributed by atoms with Gasteiger partial charge in [-0.2, -0.15) is 0 Å². The van der Waals surface area contributed by atoms with E-state index in [0.717, 1.165) is 17.5 Å². The lowest BCUT2D eigenvalue weighted by Gasteiger charge is -2.14. The first-order valence-electron chi connectivity index (χ1n) is 9.74. The van der Waals surface area contributed by atoms with Gasteiger partial charge in [-0.15, -0.1) is 0 Å². The first kappa shape index (κ1) is 20.4. The SMILES string of the molecule is O=C(CCN1C(=O)/C(=C/c2ccccc2)SC1=S)NCCc1c[nH]c2ccccc12. The fraction of sp³-hybridized carbons (Fsp3) is 0.174. The summed E-state index contributed by atoms with van der Waals surface area (Å²) in [4.78, 5) is 30.2. The Hall–Kier alpha value is -2.90. The summed E-state index contributed by atoms with van der Waals surface area (Å²) >= 11 is 6.62. The van der Waals surface area contributed by atoms with Gasteiger partial charge in [0.1, 0.15) is 4.32 Å². The minimum Gasteiger partial charge on any atom is -0.361 e. The molecule has 2 N–H and O–H groups in total. The molecule has 152 valence electrons. The van der Waals surface area contributed by atoms with Crippen LogP contribution >= 0.6 is 24.0 Å². The Bertz CT molecular complexity index is 1120. The lowest BCUT2D eigenvalue weighted by Crippen LogP contribution is -2.34. The van der Waals surface area contributed by atoms with E-state index in [1.165, 1.54) is 27.6 Å². The third kappa shape index (κ3) is 4.63. The number of aromatic nitrogens is 1. The van der Waals surface area contributed by atoms with Crippen LogP contribution in [0.1, 0.15) is 17.5 Å². The number of rotatable bonds is 7. The minimum atomic E-state index is -0.138. The minimum absolute atomic E-state index is 0.0871. The van der Waals surface area contributed by atoms with Crippen molar-refractivity contribution in [1.82, 2.24) is 15.2 Å². The van der Waals surface area contributed by atoms with Crippen molar-refractivity contribution in [3.8, 4) is 0 Å². The Kier molecular flexibility index (Phi) is 6.30. The van der Waals surface area contributed by atoms with Crippen LogP contribution in [0, 0.1) is 0 Å². The summed E-state index contributed by atoms with van der Waals surface area (Å²) in [6, 6.07) is 17.8. The van der Waals surface area contributed by atoms with Crippen molar-refractivity contribution in [2.75, 3.05) is 13.1 Å². The van der Waals surface area contributed by atoms with Gasteiger partial charge in [-0.3, -0.25) is 14.5 Å². The molecule has 30 heavy (non-hydrogen) atoms. The molecule has 0 atom stereocenters. The number of carbonyl (C=O) groups excluding carboxylic acids is 2. The molecule has 1 aliphatic rings. The molecule has 4 rings (SSSR count). The summed E-state index contributed by atoms with van der Waals surface area (Å²) < 4.78 is 0.494. The molecule has 2 aromatic carbocycles. The molecule has 1 aromatic heterocycles. The topological polar surface area (TPSA) is 65.2 Å². The zero-order chi connectivity index (χ0) is 20.9. The molecule has 0 unspecified atom stereocenters. The van der Waals surface area contributed by atoms with Gasteiger partial charge in [0.15, 0.2) is 0 Å². The second-order valence-corrected chi connectivity index (χ2v) is 8.63. The lowest BCUT2D eigenvalue weighted by molar-refractivity contribution is -0.123. The molecule has 0 spiro atoms. The standard InChI is InChI=1S/C23H21N3O2S2/c27-21(24-12-10-17-15-25-19-9-5-4-8-18(17)19)11-13-26-22(28)20(30-23(26)29)14-16-6-2-1-3-7-16/h1-9,14-15,25H,10-13H2,(H,24,27)/b20-14-. The van der Waals surface area contributed by atoms with E-state index in [1.807, 2.05) is 60.8 Å². The highest BCUT2D eigenvalue weighted by Gasteiger charge is 2.31. The van der Waals surface area contributed by atoms with Crippen LogP contribution in [-0.4, -0.2) is 39.1 Å². The molecule has 0 saturated carbocycles. The summed E-state index contributed by atoms with van der Waals surface area (Å²) in [5, 5.41) is 4.11. The predicted molar refractivity (Wildman–Crippen MR) is 126 cm³/mol. The molecule has 2 amide bonds. The summed E-state index contributed by atoms with van der Waals surface area (Å²) in [5.41, 5.74) is 3.22. The number of carbonyl (C=O) groups is 2. The Balaban J connectivity index is 1.27. The molecule has 1 aliphatic heterocycles. The zero-order valence-corrected chi connectivity index (χ0v) is 17.9. The summed E-state index contributed by atoms with van der Waals surface area (Å²) in [5.74, 6) is -0.226. The van der Waals surface area contributed by atoms with Gasteiger partial charge in [0.05, 0.1) is 4.91 Å². The number of benzene rings is 2. The predicted octanol–water partition coefficient (Wildman–Crippen LogP) is 4.12. The second kappa shape index (κ2) is 9.28. The summed E-state index contributed by atoms with van der Waals surface area (Å²) in [6.07, 6.45) is 4.78. The Labute approximate surface area is 184 Å². The molecule has 3 aromatic rings. The van der Waals surface area contributed by atoms with E-state index >= 15 is 0 Å². The quantitative estimate of drug-likeness (QED) is 0.433. The average molecular weight is 436 g/mol. The maximum Gasteiger partial charge on any atom is 0.266 e. The third-order valence-corrected chi connectivity index (χ3v) is 6.30. The van der Waals surface area contributed by atoms with Crippen molar-refractivity contribution in [1.29, 1.82) is 0 Å². The maximum absolute atomic E-state index is 12.6. The number of amides is 2. The number of hydrogen-bond donors (Lipinski definition) is 2. The fourth-order valence-electron chi connectivity index (χ4n) is 3.37. The van der Waals surface area contributed by atoms with Crippen LogP contribution < -0.4 is 5.32 Å². The Morgan fingerprint density at radius 1 is 1.13 bits per heavy atom. The highest BCUT2D eigenvalue weighted by atomic mass is 32.2. The lowest BCUT2D eigenvalue weighted by atomic mass is 10.1. The van der Waals surface area contributed by atoms with E-state index in [1.54, 1.807) is 0 Å². The van der Waals surface area contributed by atoms with Crippen molar-refractivity contribution in [2.24, 2.45) is 0 Å². The van der Waals surface area contributed by atoms with Gasteiger partial charge < -0.3 is 10.3 Å².